The number of hydrogen-bond donors (Lipinski definition) is 1. The van der Waals surface area contributed by atoms with Crippen molar-refractivity contribution >= 4 is 0 Å². The van der Waals surface area contributed by atoms with Gasteiger partial charge in [0.05, 0.1) is 12.7 Å². The molecule has 0 aromatic carbocycles. The number of hydrogen-bond acceptors (Lipinski definition) is 3. The van der Waals surface area contributed by atoms with Crippen LogP contribution in [-0.4, -0.2) is 49.8 Å². The van der Waals surface area contributed by atoms with Crippen LogP contribution < -0.4 is 5.32 Å². The molecule has 2 rings (SSSR count). The van der Waals surface area contributed by atoms with Gasteiger partial charge < -0.3 is 15.0 Å². The van der Waals surface area contributed by atoms with Gasteiger partial charge in [0.25, 0.3) is 0 Å². The van der Waals surface area contributed by atoms with E-state index in [0.29, 0.717) is 6.10 Å². The van der Waals surface area contributed by atoms with Crippen LogP contribution in [0.15, 0.2) is 0 Å². The Hall–Kier alpha value is -0.120. The van der Waals surface area contributed by atoms with Crippen molar-refractivity contribution in [3.05, 3.63) is 0 Å². The standard InChI is InChI=1S/C15H30N2O/c1-2-10-17-11-7-14(8-12-17)16-9-13-18-15-5-3-4-6-15/h14-16H,2-13H2,1H3. The zero-order chi connectivity index (χ0) is 12.6. The quantitative estimate of drug-likeness (QED) is 0.706. The third kappa shape index (κ3) is 4.87. The van der Waals surface area contributed by atoms with Crippen molar-refractivity contribution in [1.82, 2.24) is 10.2 Å². The summed E-state index contributed by atoms with van der Waals surface area (Å²) in [6.45, 7) is 8.03. The van der Waals surface area contributed by atoms with E-state index in [0.717, 1.165) is 19.2 Å². The molecule has 3 nitrogen and oxygen atoms in total. The molecule has 0 spiro atoms. The SMILES string of the molecule is CCCN1CCC(NCCOC2CCCC2)CC1. The zero-order valence-corrected chi connectivity index (χ0v) is 12.0. The molecule has 0 radical (unpaired) electrons. The van der Waals surface area contributed by atoms with Gasteiger partial charge in [-0.1, -0.05) is 19.8 Å². The summed E-state index contributed by atoms with van der Waals surface area (Å²) < 4.78 is 5.88. The lowest BCUT2D eigenvalue weighted by Gasteiger charge is -2.32. The van der Waals surface area contributed by atoms with Gasteiger partial charge in [-0.15, -0.1) is 0 Å². The highest BCUT2D eigenvalue weighted by molar-refractivity contribution is 4.77. The van der Waals surface area contributed by atoms with E-state index in [2.05, 4.69) is 17.1 Å². The van der Waals surface area contributed by atoms with Crippen molar-refractivity contribution in [1.29, 1.82) is 0 Å². The van der Waals surface area contributed by atoms with Crippen LogP contribution in [0.4, 0.5) is 0 Å². The Morgan fingerprint density at radius 1 is 1.11 bits per heavy atom. The van der Waals surface area contributed by atoms with Crippen molar-refractivity contribution < 1.29 is 4.74 Å². The lowest BCUT2D eigenvalue weighted by atomic mass is 10.1. The molecule has 0 amide bonds. The van der Waals surface area contributed by atoms with Gasteiger partial charge in [0, 0.05) is 12.6 Å². The molecule has 1 saturated heterocycles. The van der Waals surface area contributed by atoms with Crippen LogP contribution in [0.2, 0.25) is 0 Å². The van der Waals surface area contributed by atoms with Crippen LogP contribution in [0, 0.1) is 0 Å². The number of nitrogens with one attached hydrogen (secondary N) is 1. The van der Waals surface area contributed by atoms with Crippen LogP contribution in [0.3, 0.4) is 0 Å². The molecule has 2 fully saturated rings. The predicted molar refractivity (Wildman–Crippen MR) is 76.0 cm³/mol. The first-order valence-electron chi connectivity index (χ1n) is 7.96. The van der Waals surface area contributed by atoms with Gasteiger partial charge in [-0.05, 0) is 51.7 Å². The van der Waals surface area contributed by atoms with Crippen LogP contribution in [0.25, 0.3) is 0 Å². The fourth-order valence-electron chi connectivity index (χ4n) is 3.22. The van der Waals surface area contributed by atoms with Crippen molar-refractivity contribution in [3.63, 3.8) is 0 Å². The maximum Gasteiger partial charge on any atom is 0.0594 e. The Morgan fingerprint density at radius 2 is 1.83 bits per heavy atom. The summed E-state index contributed by atoms with van der Waals surface area (Å²) >= 11 is 0. The smallest absolute Gasteiger partial charge is 0.0594 e. The molecule has 1 saturated carbocycles. The van der Waals surface area contributed by atoms with Crippen LogP contribution in [0.5, 0.6) is 0 Å². The lowest BCUT2D eigenvalue weighted by Crippen LogP contribution is -2.43. The van der Waals surface area contributed by atoms with Crippen LogP contribution in [0.1, 0.15) is 51.9 Å². The fourth-order valence-corrected chi connectivity index (χ4v) is 3.22. The van der Waals surface area contributed by atoms with E-state index in [4.69, 9.17) is 4.74 Å². The molecule has 1 N–H and O–H groups in total. The van der Waals surface area contributed by atoms with Gasteiger partial charge >= 0.3 is 0 Å². The topological polar surface area (TPSA) is 24.5 Å². The third-order valence-corrected chi connectivity index (χ3v) is 4.32. The Labute approximate surface area is 112 Å². The summed E-state index contributed by atoms with van der Waals surface area (Å²) in [5.41, 5.74) is 0. The minimum absolute atomic E-state index is 0.568. The molecular weight excluding hydrogens is 224 g/mol. The molecule has 0 aromatic heterocycles. The van der Waals surface area contributed by atoms with Crippen molar-refractivity contribution in [2.45, 2.75) is 64.0 Å². The second-order valence-corrected chi connectivity index (χ2v) is 5.85. The molecule has 0 atom stereocenters. The van der Waals surface area contributed by atoms with Crippen molar-refractivity contribution in [3.8, 4) is 0 Å². The molecule has 2 aliphatic rings. The molecule has 0 bridgehead atoms. The van der Waals surface area contributed by atoms with E-state index in [9.17, 15) is 0 Å². The molecule has 3 heteroatoms. The Balaban J connectivity index is 1.47. The lowest BCUT2D eigenvalue weighted by molar-refractivity contribution is 0.0575. The largest absolute Gasteiger partial charge is 0.377 e. The highest BCUT2D eigenvalue weighted by Crippen LogP contribution is 2.20. The monoisotopic (exact) mass is 254 g/mol. The molecule has 18 heavy (non-hydrogen) atoms. The molecule has 0 unspecified atom stereocenters. The number of nitrogens with zero attached hydrogens (tertiary/aromatic N) is 1. The normalized spacial score (nSPS) is 23.8. The van der Waals surface area contributed by atoms with Crippen LogP contribution >= 0.6 is 0 Å². The van der Waals surface area contributed by atoms with Gasteiger partial charge in [0.15, 0.2) is 0 Å². The Morgan fingerprint density at radius 3 is 2.50 bits per heavy atom. The highest BCUT2D eigenvalue weighted by Gasteiger charge is 2.18. The molecule has 1 aliphatic heterocycles. The van der Waals surface area contributed by atoms with Crippen molar-refractivity contribution in [2.24, 2.45) is 0 Å². The van der Waals surface area contributed by atoms with E-state index < -0.39 is 0 Å². The van der Waals surface area contributed by atoms with E-state index in [-0.39, 0.29) is 0 Å². The highest BCUT2D eigenvalue weighted by atomic mass is 16.5. The number of rotatable bonds is 7. The average Bonchev–Trinajstić information content (AvgIpc) is 2.90. The van der Waals surface area contributed by atoms with E-state index in [1.54, 1.807) is 0 Å². The summed E-state index contributed by atoms with van der Waals surface area (Å²) in [6, 6.07) is 0.727. The van der Waals surface area contributed by atoms with Gasteiger partial charge in [0.2, 0.25) is 0 Å². The minimum atomic E-state index is 0.568. The average molecular weight is 254 g/mol. The summed E-state index contributed by atoms with van der Waals surface area (Å²) in [5.74, 6) is 0. The zero-order valence-electron chi connectivity index (χ0n) is 12.0. The van der Waals surface area contributed by atoms with Gasteiger partial charge in [0.1, 0.15) is 0 Å². The molecule has 0 aromatic rings. The first-order valence-corrected chi connectivity index (χ1v) is 7.96. The maximum atomic E-state index is 5.88. The fraction of sp³-hybridized carbons (Fsp3) is 1.00. The minimum Gasteiger partial charge on any atom is -0.377 e. The maximum absolute atomic E-state index is 5.88. The van der Waals surface area contributed by atoms with Crippen molar-refractivity contribution in [2.75, 3.05) is 32.8 Å². The number of likely N-dealkylation sites (tertiary alicyclic amines) is 1. The van der Waals surface area contributed by atoms with Gasteiger partial charge in [-0.2, -0.15) is 0 Å². The van der Waals surface area contributed by atoms with E-state index in [1.807, 2.05) is 0 Å². The number of piperidine rings is 1. The Kier molecular flexibility index (Phi) is 6.46. The molecule has 1 heterocycles. The van der Waals surface area contributed by atoms with E-state index in [1.165, 1.54) is 64.6 Å². The molecular formula is C15H30N2O. The first-order chi connectivity index (χ1) is 8.88. The van der Waals surface area contributed by atoms with Crippen LogP contribution in [-0.2, 0) is 4.74 Å². The summed E-state index contributed by atoms with van der Waals surface area (Å²) in [5, 5.41) is 3.66. The Bertz CT molecular complexity index is 209. The predicted octanol–water partition coefficient (Wildman–Crippen LogP) is 2.41. The number of ether oxygens (including phenoxy) is 1. The van der Waals surface area contributed by atoms with E-state index >= 15 is 0 Å². The summed E-state index contributed by atoms with van der Waals surface area (Å²) in [6.07, 6.45) is 9.78. The molecule has 1 aliphatic carbocycles. The third-order valence-electron chi connectivity index (χ3n) is 4.32. The van der Waals surface area contributed by atoms with Gasteiger partial charge in [-0.3, -0.25) is 0 Å². The first kappa shape index (κ1) is 14.3. The van der Waals surface area contributed by atoms with Gasteiger partial charge in [-0.25, -0.2) is 0 Å². The summed E-state index contributed by atoms with van der Waals surface area (Å²) in [7, 11) is 0. The molecule has 106 valence electrons. The summed E-state index contributed by atoms with van der Waals surface area (Å²) in [4.78, 5) is 2.59. The second kappa shape index (κ2) is 8.13. The second-order valence-electron chi connectivity index (χ2n) is 5.85.